The molecule has 2 aromatic carbocycles. The van der Waals surface area contributed by atoms with Gasteiger partial charge in [-0.15, -0.1) is 0 Å². The van der Waals surface area contributed by atoms with Crippen molar-refractivity contribution < 1.29 is 9.53 Å². The molecule has 2 heterocycles. The lowest BCUT2D eigenvalue weighted by molar-refractivity contribution is 0.0511. The fourth-order valence-corrected chi connectivity index (χ4v) is 6.23. The number of piperidine rings is 1. The number of hydrogen-bond acceptors (Lipinski definition) is 3. The van der Waals surface area contributed by atoms with Gasteiger partial charge in [0.05, 0.1) is 7.11 Å². The fraction of sp³-hybridized carbons (Fsp3) is 0.467. The van der Waals surface area contributed by atoms with Gasteiger partial charge in [0.1, 0.15) is 5.75 Å². The average Bonchev–Trinajstić information content (AvgIpc) is 3.37. The molecule has 5 nitrogen and oxygen atoms in total. The van der Waals surface area contributed by atoms with Crippen LogP contribution in [0.25, 0.3) is 0 Å². The van der Waals surface area contributed by atoms with Crippen molar-refractivity contribution in [2.75, 3.05) is 20.2 Å². The highest BCUT2D eigenvalue weighted by molar-refractivity contribution is 5.94. The number of likely N-dealkylation sites (tertiary alicyclic amines) is 1. The third-order valence-corrected chi connectivity index (χ3v) is 7.98. The van der Waals surface area contributed by atoms with E-state index in [9.17, 15) is 4.79 Å². The zero-order chi connectivity index (χ0) is 24.4. The Labute approximate surface area is 209 Å². The van der Waals surface area contributed by atoms with Crippen LogP contribution in [0.4, 0.5) is 0 Å². The summed E-state index contributed by atoms with van der Waals surface area (Å²) in [6.45, 7) is 6.94. The van der Waals surface area contributed by atoms with Crippen LogP contribution < -0.4 is 4.74 Å². The Morgan fingerprint density at radius 1 is 1.14 bits per heavy atom. The predicted octanol–water partition coefficient (Wildman–Crippen LogP) is 5.74. The summed E-state index contributed by atoms with van der Waals surface area (Å²) in [6, 6.07) is 16.9. The number of ether oxygens (including phenoxy) is 1. The molecule has 5 heteroatoms. The maximum Gasteiger partial charge on any atom is 0.253 e. The van der Waals surface area contributed by atoms with Crippen LogP contribution in [0.3, 0.4) is 0 Å². The summed E-state index contributed by atoms with van der Waals surface area (Å²) in [5.41, 5.74) is 5.10. The van der Waals surface area contributed by atoms with E-state index in [1.165, 1.54) is 16.7 Å². The highest BCUT2D eigenvalue weighted by Gasteiger charge is 2.42. The molecule has 1 unspecified atom stereocenters. The lowest BCUT2D eigenvalue weighted by Gasteiger charge is -2.47. The standard InChI is InChI=1S/C30H37N3O2/c1-22(2)17-23-9-10-24(18-28(23)35-3)29(34)32-15-11-30(12-16-32)19-25-7-4-5-8-27(25)26(20-30)21-33-14-6-13-31-33/h4-10,13-14,18,22,26H,11-12,15-17,19-21H2,1-3H3. The molecular weight excluding hydrogens is 434 g/mol. The number of hydrogen-bond donors (Lipinski definition) is 0. The van der Waals surface area contributed by atoms with Crippen molar-refractivity contribution in [1.82, 2.24) is 14.7 Å². The van der Waals surface area contributed by atoms with Crippen molar-refractivity contribution in [3.63, 3.8) is 0 Å². The van der Waals surface area contributed by atoms with E-state index < -0.39 is 0 Å². The van der Waals surface area contributed by atoms with Gasteiger partial charge < -0.3 is 9.64 Å². The van der Waals surface area contributed by atoms with Crippen LogP contribution in [-0.2, 0) is 19.4 Å². The first kappa shape index (κ1) is 23.7. The molecule has 0 radical (unpaired) electrons. The largest absolute Gasteiger partial charge is 0.496 e. The topological polar surface area (TPSA) is 47.4 Å². The third kappa shape index (κ3) is 5.00. The van der Waals surface area contributed by atoms with E-state index in [0.717, 1.165) is 63.1 Å². The van der Waals surface area contributed by atoms with E-state index >= 15 is 0 Å². The molecular formula is C30H37N3O2. The van der Waals surface area contributed by atoms with E-state index in [2.05, 4.69) is 60.2 Å². The zero-order valence-corrected chi connectivity index (χ0v) is 21.2. The van der Waals surface area contributed by atoms with Gasteiger partial charge in [0.25, 0.3) is 5.91 Å². The second-order valence-electron chi connectivity index (χ2n) is 10.9. The Balaban J connectivity index is 1.30. The Hall–Kier alpha value is -3.08. The molecule has 35 heavy (non-hydrogen) atoms. The predicted molar refractivity (Wildman–Crippen MR) is 139 cm³/mol. The summed E-state index contributed by atoms with van der Waals surface area (Å²) in [6.07, 6.45) is 9.23. The van der Waals surface area contributed by atoms with Crippen LogP contribution in [0.2, 0.25) is 0 Å². The number of rotatable bonds is 6. The number of fused-ring (bicyclic) bond motifs is 1. The second kappa shape index (κ2) is 9.88. The fourth-order valence-electron chi connectivity index (χ4n) is 6.23. The van der Waals surface area contributed by atoms with Crippen molar-refractivity contribution in [3.05, 3.63) is 83.2 Å². The number of carbonyl (C=O) groups is 1. The molecule has 1 saturated heterocycles. The van der Waals surface area contributed by atoms with Crippen LogP contribution in [0.1, 0.15) is 66.1 Å². The summed E-state index contributed by atoms with van der Waals surface area (Å²) in [5.74, 6) is 1.95. The van der Waals surface area contributed by atoms with Crippen molar-refractivity contribution >= 4 is 5.91 Å². The maximum absolute atomic E-state index is 13.4. The highest BCUT2D eigenvalue weighted by atomic mass is 16.5. The zero-order valence-electron chi connectivity index (χ0n) is 21.2. The third-order valence-electron chi connectivity index (χ3n) is 7.98. The summed E-state index contributed by atoms with van der Waals surface area (Å²) in [5, 5.41) is 4.48. The minimum atomic E-state index is 0.124. The smallest absolute Gasteiger partial charge is 0.253 e. The van der Waals surface area contributed by atoms with Crippen LogP contribution in [-0.4, -0.2) is 40.8 Å². The van der Waals surface area contributed by atoms with Crippen molar-refractivity contribution in [2.45, 2.75) is 58.4 Å². The lowest BCUT2D eigenvalue weighted by Crippen LogP contribution is -2.46. The normalized spacial score (nSPS) is 19.1. The number of aromatic nitrogens is 2. The number of methoxy groups -OCH3 is 1. The Bertz CT molecular complexity index is 1160. The van der Waals surface area contributed by atoms with Gasteiger partial charge in [-0.1, -0.05) is 44.2 Å². The van der Waals surface area contributed by atoms with Crippen molar-refractivity contribution in [1.29, 1.82) is 0 Å². The molecule has 0 N–H and O–H groups in total. The Morgan fingerprint density at radius 2 is 1.94 bits per heavy atom. The molecule has 1 aromatic heterocycles. The minimum absolute atomic E-state index is 0.124. The number of carbonyl (C=O) groups excluding carboxylic acids is 1. The van der Waals surface area contributed by atoms with Gasteiger partial charge >= 0.3 is 0 Å². The van der Waals surface area contributed by atoms with E-state index in [-0.39, 0.29) is 11.3 Å². The van der Waals surface area contributed by atoms with E-state index in [1.54, 1.807) is 7.11 Å². The average molecular weight is 472 g/mol. The first-order chi connectivity index (χ1) is 17.0. The van der Waals surface area contributed by atoms with Gasteiger partial charge in [-0.3, -0.25) is 9.48 Å². The van der Waals surface area contributed by atoms with E-state index in [1.807, 2.05) is 29.3 Å². The molecule has 5 rings (SSSR count). The van der Waals surface area contributed by atoms with Gasteiger partial charge in [0.2, 0.25) is 0 Å². The second-order valence-corrected chi connectivity index (χ2v) is 10.9. The van der Waals surface area contributed by atoms with E-state index in [4.69, 9.17) is 4.74 Å². The van der Waals surface area contributed by atoms with Crippen LogP contribution in [0.5, 0.6) is 5.75 Å². The summed E-state index contributed by atoms with van der Waals surface area (Å²) < 4.78 is 7.69. The van der Waals surface area contributed by atoms with Crippen molar-refractivity contribution in [3.8, 4) is 5.75 Å². The number of amides is 1. The molecule has 1 aliphatic carbocycles. The molecule has 2 aliphatic rings. The van der Waals surface area contributed by atoms with Gasteiger partial charge in [0.15, 0.2) is 0 Å². The first-order valence-corrected chi connectivity index (χ1v) is 13.0. The first-order valence-electron chi connectivity index (χ1n) is 13.0. The quantitative estimate of drug-likeness (QED) is 0.460. The SMILES string of the molecule is COc1cc(C(=O)N2CCC3(CC2)Cc2ccccc2C(Cn2cccn2)C3)ccc1CC(C)C. The van der Waals surface area contributed by atoms with Crippen LogP contribution >= 0.6 is 0 Å². The van der Waals surface area contributed by atoms with Gasteiger partial charge in [-0.2, -0.15) is 5.10 Å². The summed E-state index contributed by atoms with van der Waals surface area (Å²) in [4.78, 5) is 15.5. The molecule has 184 valence electrons. The molecule has 1 fully saturated rings. The van der Waals surface area contributed by atoms with Crippen molar-refractivity contribution in [2.24, 2.45) is 11.3 Å². The van der Waals surface area contributed by atoms with Gasteiger partial charge in [-0.25, -0.2) is 0 Å². The molecule has 0 saturated carbocycles. The number of benzene rings is 2. The monoisotopic (exact) mass is 471 g/mol. The molecule has 1 aliphatic heterocycles. The highest BCUT2D eigenvalue weighted by Crippen LogP contribution is 2.49. The molecule has 1 spiro atoms. The molecule has 3 aromatic rings. The molecule has 1 amide bonds. The van der Waals surface area contributed by atoms with Gasteiger partial charge in [-0.05, 0) is 78.3 Å². The Morgan fingerprint density at radius 3 is 2.66 bits per heavy atom. The van der Waals surface area contributed by atoms with Crippen LogP contribution in [0, 0.1) is 11.3 Å². The molecule has 0 bridgehead atoms. The van der Waals surface area contributed by atoms with E-state index in [0.29, 0.717) is 11.8 Å². The Kier molecular flexibility index (Phi) is 6.68. The number of nitrogens with zero attached hydrogens (tertiary/aromatic N) is 3. The molecule has 1 atom stereocenters. The minimum Gasteiger partial charge on any atom is -0.496 e. The lowest BCUT2D eigenvalue weighted by atomic mass is 9.62. The van der Waals surface area contributed by atoms with Gasteiger partial charge in [0, 0.05) is 43.5 Å². The summed E-state index contributed by atoms with van der Waals surface area (Å²) >= 11 is 0. The maximum atomic E-state index is 13.4. The summed E-state index contributed by atoms with van der Waals surface area (Å²) in [7, 11) is 1.69. The van der Waals surface area contributed by atoms with Crippen LogP contribution in [0.15, 0.2) is 60.9 Å².